The Kier molecular flexibility index (Phi) is 5.73. The molecule has 3 heteroatoms. The molecule has 2 heterocycles. The number of fused-ring (bicyclic) bond motifs is 3. The Morgan fingerprint density at radius 1 is 0.818 bits per heavy atom. The van der Waals surface area contributed by atoms with Crippen molar-refractivity contribution in [1.29, 1.82) is 0 Å². The topological polar surface area (TPSA) is 17.3 Å². The van der Waals surface area contributed by atoms with E-state index in [1.807, 2.05) is 45.9 Å². The van der Waals surface area contributed by atoms with Gasteiger partial charge < -0.3 is 0 Å². The Hall–Kier alpha value is -2.13. The van der Waals surface area contributed by atoms with Gasteiger partial charge in [0.05, 0.1) is 15.9 Å². The van der Waals surface area contributed by atoms with Gasteiger partial charge >= 0.3 is 0 Å². The van der Waals surface area contributed by atoms with Crippen LogP contribution in [0.25, 0.3) is 26.4 Å². The highest BCUT2D eigenvalue weighted by molar-refractivity contribution is 7.23. The lowest BCUT2D eigenvalue weighted by atomic mass is 10.2. The third-order valence-corrected chi connectivity index (χ3v) is 4.10. The first-order valence-electron chi connectivity index (χ1n) is 7.84. The highest BCUT2D eigenvalue weighted by Crippen LogP contribution is 2.28. The molecule has 0 unspecified atom stereocenters. The van der Waals surface area contributed by atoms with E-state index >= 15 is 0 Å². The molecule has 0 aliphatic rings. The fraction of sp³-hybridized carbons (Fsp3) is 0.211. The average molecular weight is 310 g/mol. The third kappa shape index (κ3) is 3.04. The zero-order chi connectivity index (χ0) is 15.9. The maximum absolute atomic E-state index is 4.70. The van der Waals surface area contributed by atoms with Crippen molar-refractivity contribution in [1.82, 2.24) is 9.38 Å². The van der Waals surface area contributed by atoms with Crippen molar-refractivity contribution in [3.8, 4) is 11.3 Å². The van der Waals surface area contributed by atoms with Crippen molar-refractivity contribution in [2.24, 2.45) is 0 Å². The van der Waals surface area contributed by atoms with Crippen LogP contribution in [0.5, 0.6) is 0 Å². The number of hydrogen-bond donors (Lipinski definition) is 0. The Morgan fingerprint density at radius 2 is 1.45 bits per heavy atom. The van der Waals surface area contributed by atoms with Crippen LogP contribution in [-0.4, -0.2) is 9.38 Å². The van der Waals surface area contributed by atoms with Gasteiger partial charge in [0.25, 0.3) is 0 Å². The van der Waals surface area contributed by atoms with E-state index < -0.39 is 0 Å². The van der Waals surface area contributed by atoms with Crippen molar-refractivity contribution in [2.45, 2.75) is 27.7 Å². The Labute approximate surface area is 136 Å². The van der Waals surface area contributed by atoms with E-state index in [0.29, 0.717) is 0 Å². The number of para-hydroxylation sites is 1. The minimum absolute atomic E-state index is 1.03. The molecule has 0 saturated carbocycles. The van der Waals surface area contributed by atoms with Crippen molar-refractivity contribution in [2.75, 3.05) is 0 Å². The molecule has 4 aromatic rings. The number of rotatable bonds is 1. The van der Waals surface area contributed by atoms with Gasteiger partial charge in [-0.3, -0.25) is 4.40 Å². The van der Waals surface area contributed by atoms with Crippen LogP contribution in [0, 0.1) is 0 Å². The first-order valence-corrected chi connectivity index (χ1v) is 8.65. The van der Waals surface area contributed by atoms with Crippen LogP contribution >= 0.6 is 11.3 Å². The smallest absolute Gasteiger partial charge is 0.195 e. The summed E-state index contributed by atoms with van der Waals surface area (Å²) >= 11 is 1.73. The molecular weight excluding hydrogens is 288 g/mol. The number of hydrogen-bond acceptors (Lipinski definition) is 2. The van der Waals surface area contributed by atoms with Crippen LogP contribution in [0.1, 0.15) is 27.7 Å². The summed E-state index contributed by atoms with van der Waals surface area (Å²) in [4.78, 5) is 5.75. The lowest BCUT2D eigenvalue weighted by Crippen LogP contribution is -1.76. The maximum atomic E-state index is 4.70. The molecular formula is C19H22N2S. The van der Waals surface area contributed by atoms with Gasteiger partial charge in [0.1, 0.15) is 0 Å². The largest absolute Gasteiger partial charge is 0.290 e. The molecule has 0 spiro atoms. The Balaban J connectivity index is 0.000000410. The standard InChI is InChI=1S/C15H10N2S.2C2H6/c1-2-6-11(7-3-1)12-10-17-13-8-4-5-9-14(13)18-15(17)16-12;2*1-2/h1-10H;2*1-2H3. The monoisotopic (exact) mass is 310 g/mol. The number of imidazole rings is 1. The van der Waals surface area contributed by atoms with E-state index in [4.69, 9.17) is 4.98 Å². The van der Waals surface area contributed by atoms with Crippen molar-refractivity contribution in [3.63, 3.8) is 0 Å². The second-order valence-corrected chi connectivity index (χ2v) is 5.22. The summed E-state index contributed by atoms with van der Waals surface area (Å²) in [5.74, 6) is 0. The normalized spacial score (nSPS) is 9.82. The molecule has 4 rings (SSSR count). The molecule has 114 valence electrons. The number of aromatic nitrogens is 2. The summed E-state index contributed by atoms with van der Waals surface area (Å²) in [5, 5.41) is 0. The first-order chi connectivity index (χ1) is 10.9. The van der Waals surface area contributed by atoms with Gasteiger partial charge in [-0.1, -0.05) is 81.5 Å². The van der Waals surface area contributed by atoms with E-state index in [2.05, 4.69) is 47.0 Å². The predicted molar refractivity (Wildman–Crippen MR) is 98.7 cm³/mol. The average Bonchev–Trinajstić information content (AvgIpc) is 3.17. The van der Waals surface area contributed by atoms with Crippen LogP contribution in [0.15, 0.2) is 60.8 Å². The van der Waals surface area contributed by atoms with Crippen LogP contribution in [0.2, 0.25) is 0 Å². The molecule has 0 saturated heterocycles. The highest BCUT2D eigenvalue weighted by atomic mass is 32.1. The predicted octanol–water partition coefficient (Wildman–Crippen LogP) is 6.27. The number of thiazole rings is 1. The van der Waals surface area contributed by atoms with Gasteiger partial charge in [0.15, 0.2) is 4.96 Å². The van der Waals surface area contributed by atoms with Crippen molar-refractivity contribution >= 4 is 26.5 Å². The molecule has 2 nitrogen and oxygen atoms in total. The zero-order valence-corrected chi connectivity index (χ0v) is 14.4. The lowest BCUT2D eigenvalue weighted by molar-refractivity contribution is 1.30. The van der Waals surface area contributed by atoms with Gasteiger partial charge in [0, 0.05) is 11.8 Å². The minimum Gasteiger partial charge on any atom is -0.290 e. The van der Waals surface area contributed by atoms with Crippen LogP contribution < -0.4 is 0 Å². The number of nitrogens with zero attached hydrogens (tertiary/aromatic N) is 2. The zero-order valence-electron chi connectivity index (χ0n) is 13.6. The minimum atomic E-state index is 1.03. The SMILES string of the molecule is CC.CC.c1ccc(-c2cn3c(n2)sc2ccccc23)cc1. The fourth-order valence-electron chi connectivity index (χ4n) is 2.20. The first kappa shape index (κ1) is 16.2. The Bertz CT molecular complexity index is 828. The molecule has 2 aromatic carbocycles. The fourth-order valence-corrected chi connectivity index (χ4v) is 3.20. The van der Waals surface area contributed by atoms with Gasteiger partial charge in [0.2, 0.25) is 0 Å². The van der Waals surface area contributed by atoms with E-state index in [-0.39, 0.29) is 0 Å². The highest BCUT2D eigenvalue weighted by Gasteiger charge is 2.08. The quantitative estimate of drug-likeness (QED) is 0.405. The second-order valence-electron chi connectivity index (χ2n) is 4.21. The van der Waals surface area contributed by atoms with Crippen LogP contribution in [-0.2, 0) is 0 Å². The molecule has 0 aliphatic heterocycles. The molecule has 0 aliphatic carbocycles. The van der Waals surface area contributed by atoms with Gasteiger partial charge in [-0.25, -0.2) is 4.98 Å². The van der Waals surface area contributed by atoms with E-state index in [9.17, 15) is 0 Å². The molecule has 0 fully saturated rings. The van der Waals surface area contributed by atoms with Crippen molar-refractivity contribution in [3.05, 3.63) is 60.8 Å². The summed E-state index contributed by atoms with van der Waals surface area (Å²) in [6.45, 7) is 8.00. The van der Waals surface area contributed by atoms with Gasteiger partial charge in [-0.05, 0) is 12.1 Å². The van der Waals surface area contributed by atoms with Crippen molar-refractivity contribution < 1.29 is 0 Å². The molecule has 0 bridgehead atoms. The molecule has 0 amide bonds. The van der Waals surface area contributed by atoms with E-state index in [1.165, 1.54) is 10.2 Å². The maximum Gasteiger partial charge on any atom is 0.195 e. The second kappa shape index (κ2) is 7.76. The summed E-state index contributed by atoms with van der Waals surface area (Å²) < 4.78 is 3.45. The van der Waals surface area contributed by atoms with Gasteiger partial charge in [-0.15, -0.1) is 0 Å². The molecule has 2 aromatic heterocycles. The summed E-state index contributed by atoms with van der Waals surface area (Å²) in [6, 6.07) is 18.7. The van der Waals surface area contributed by atoms with Crippen LogP contribution in [0.3, 0.4) is 0 Å². The molecule has 22 heavy (non-hydrogen) atoms. The third-order valence-electron chi connectivity index (χ3n) is 3.07. The molecule has 0 N–H and O–H groups in total. The van der Waals surface area contributed by atoms with E-state index in [0.717, 1.165) is 16.2 Å². The van der Waals surface area contributed by atoms with E-state index in [1.54, 1.807) is 11.3 Å². The molecule has 0 atom stereocenters. The Morgan fingerprint density at radius 3 is 2.18 bits per heavy atom. The van der Waals surface area contributed by atoms with Crippen LogP contribution in [0.4, 0.5) is 0 Å². The summed E-state index contributed by atoms with van der Waals surface area (Å²) in [5.41, 5.74) is 3.43. The number of benzene rings is 2. The molecule has 0 radical (unpaired) electrons. The summed E-state index contributed by atoms with van der Waals surface area (Å²) in [6.07, 6.45) is 2.11. The van der Waals surface area contributed by atoms with Gasteiger partial charge in [-0.2, -0.15) is 0 Å². The summed E-state index contributed by atoms with van der Waals surface area (Å²) in [7, 11) is 0. The lowest BCUT2D eigenvalue weighted by Gasteiger charge is -1.93.